The van der Waals surface area contributed by atoms with Crippen LogP contribution < -0.4 is 15.2 Å². The molecule has 3 aromatic carbocycles. The molecule has 2 N–H and O–H groups in total. The van der Waals surface area contributed by atoms with Crippen LogP contribution in [0.1, 0.15) is 44.3 Å². The van der Waals surface area contributed by atoms with Crippen molar-refractivity contribution in [2.75, 3.05) is 0 Å². The van der Waals surface area contributed by atoms with Gasteiger partial charge in [-0.1, -0.05) is 40.2 Å². The molecule has 1 atom stereocenters. The number of esters is 1. The monoisotopic (exact) mass is 528 g/mol. The van der Waals surface area contributed by atoms with E-state index in [0.29, 0.717) is 16.9 Å². The van der Waals surface area contributed by atoms with Gasteiger partial charge in [-0.15, -0.1) is 0 Å². The van der Waals surface area contributed by atoms with Gasteiger partial charge in [0, 0.05) is 27.1 Å². The van der Waals surface area contributed by atoms with Gasteiger partial charge in [0.2, 0.25) is 11.6 Å². The Hall–Kier alpha value is -4.02. The lowest BCUT2D eigenvalue weighted by Gasteiger charge is -2.27. The molecule has 0 saturated heterocycles. The molecule has 35 heavy (non-hydrogen) atoms. The lowest BCUT2D eigenvalue weighted by molar-refractivity contribution is 0.0702. The van der Waals surface area contributed by atoms with Gasteiger partial charge in [-0.3, -0.25) is 0 Å². The summed E-state index contributed by atoms with van der Waals surface area (Å²) in [5.41, 5.74) is 11.6. The third-order valence-corrected chi connectivity index (χ3v) is 7.08. The normalized spacial score (nSPS) is 14.9. The van der Waals surface area contributed by atoms with Crippen LogP contribution in [0.25, 0.3) is 11.0 Å². The highest BCUT2D eigenvalue weighted by molar-refractivity contribution is 9.10. The number of hydrogen-bond acceptors (Lipinski definition) is 6. The maximum atomic E-state index is 13.0. The van der Waals surface area contributed by atoms with Gasteiger partial charge >= 0.3 is 5.97 Å². The number of allylic oxidation sites excluding steroid dienone is 1. The van der Waals surface area contributed by atoms with Gasteiger partial charge in [0.1, 0.15) is 28.7 Å². The highest BCUT2D eigenvalue weighted by Gasteiger charge is 2.32. The molecule has 1 aliphatic heterocycles. The molecular formula is C28H21BrN2O4. The van der Waals surface area contributed by atoms with E-state index in [2.05, 4.69) is 22.0 Å². The van der Waals surface area contributed by atoms with Gasteiger partial charge in [0.25, 0.3) is 0 Å². The van der Waals surface area contributed by atoms with Gasteiger partial charge in [-0.2, -0.15) is 5.26 Å². The summed E-state index contributed by atoms with van der Waals surface area (Å²) in [7, 11) is 0. The van der Waals surface area contributed by atoms with Crippen molar-refractivity contribution in [2.45, 2.75) is 26.7 Å². The second kappa shape index (κ2) is 8.64. The van der Waals surface area contributed by atoms with Crippen molar-refractivity contribution in [2.24, 2.45) is 5.73 Å². The molecule has 1 aromatic heterocycles. The number of nitrogens with two attached hydrogens (primary N) is 1. The van der Waals surface area contributed by atoms with Gasteiger partial charge < -0.3 is 19.6 Å². The summed E-state index contributed by atoms with van der Waals surface area (Å²) in [6, 6.07) is 18.8. The number of rotatable bonds is 3. The summed E-state index contributed by atoms with van der Waals surface area (Å²) in [4.78, 5) is 13.0. The summed E-state index contributed by atoms with van der Waals surface area (Å²) < 4.78 is 18.1. The first-order valence-electron chi connectivity index (χ1n) is 11.0. The number of aryl methyl sites for hydroxylation is 3. The lowest BCUT2D eigenvalue weighted by atomic mass is 9.83. The van der Waals surface area contributed by atoms with Gasteiger partial charge in [0.15, 0.2) is 0 Å². The van der Waals surface area contributed by atoms with Crippen LogP contribution in [0, 0.1) is 32.1 Å². The van der Waals surface area contributed by atoms with E-state index in [1.165, 1.54) is 0 Å². The molecule has 0 bridgehead atoms. The summed E-state index contributed by atoms with van der Waals surface area (Å²) >= 11 is 3.57. The molecule has 0 aliphatic carbocycles. The number of nitrogens with zero attached hydrogens (tertiary/aromatic N) is 1. The molecule has 6 nitrogen and oxygen atoms in total. The maximum Gasteiger partial charge on any atom is 0.379 e. The summed E-state index contributed by atoms with van der Waals surface area (Å²) in [5, 5.41) is 10.6. The Morgan fingerprint density at radius 3 is 2.54 bits per heavy atom. The minimum absolute atomic E-state index is 0.0168. The van der Waals surface area contributed by atoms with Crippen molar-refractivity contribution < 1.29 is 18.7 Å². The molecule has 1 unspecified atom stereocenters. The molecule has 5 rings (SSSR count). The zero-order chi connectivity index (χ0) is 24.9. The molecule has 4 aromatic rings. The van der Waals surface area contributed by atoms with E-state index in [1.807, 2.05) is 57.2 Å². The molecule has 0 fully saturated rings. The Kier molecular flexibility index (Phi) is 5.62. The second-order valence-corrected chi connectivity index (χ2v) is 9.38. The third kappa shape index (κ3) is 3.86. The van der Waals surface area contributed by atoms with Crippen molar-refractivity contribution in [1.82, 2.24) is 0 Å². The number of benzene rings is 3. The first-order valence-corrected chi connectivity index (χ1v) is 11.8. The van der Waals surface area contributed by atoms with Crippen LogP contribution in [0.4, 0.5) is 0 Å². The Morgan fingerprint density at radius 1 is 1.06 bits per heavy atom. The number of ether oxygens (including phenoxy) is 2. The average Bonchev–Trinajstić information content (AvgIpc) is 3.14. The minimum atomic E-state index is -0.603. The van der Waals surface area contributed by atoms with E-state index in [1.54, 1.807) is 18.2 Å². The topological polar surface area (TPSA) is 98.5 Å². The summed E-state index contributed by atoms with van der Waals surface area (Å²) in [6.45, 7) is 5.85. The van der Waals surface area contributed by atoms with Gasteiger partial charge in [-0.05, 0) is 61.7 Å². The molecule has 0 amide bonds. The maximum absolute atomic E-state index is 13.0. The van der Waals surface area contributed by atoms with E-state index >= 15 is 0 Å². The van der Waals surface area contributed by atoms with Crippen LogP contribution in [0.15, 0.2) is 74.9 Å². The number of furan rings is 1. The lowest BCUT2D eigenvalue weighted by Crippen LogP contribution is -2.21. The van der Waals surface area contributed by atoms with Crippen LogP contribution in [-0.2, 0) is 0 Å². The molecule has 0 spiro atoms. The van der Waals surface area contributed by atoms with Crippen LogP contribution in [0.3, 0.4) is 0 Å². The molecular weight excluding hydrogens is 508 g/mol. The number of nitriles is 1. The number of carbonyl (C=O) groups excluding carboxylic acids is 1. The van der Waals surface area contributed by atoms with Crippen LogP contribution in [0.5, 0.6) is 11.5 Å². The van der Waals surface area contributed by atoms with E-state index in [9.17, 15) is 10.1 Å². The Bertz CT molecular complexity index is 1590. The van der Waals surface area contributed by atoms with E-state index in [0.717, 1.165) is 37.7 Å². The largest absolute Gasteiger partial charge is 0.449 e. The number of halogens is 1. The van der Waals surface area contributed by atoms with Crippen LogP contribution in [0.2, 0.25) is 0 Å². The van der Waals surface area contributed by atoms with Crippen molar-refractivity contribution in [3.05, 3.63) is 104 Å². The van der Waals surface area contributed by atoms with Crippen LogP contribution in [-0.4, -0.2) is 5.97 Å². The Labute approximate surface area is 210 Å². The SMILES string of the molecule is Cc1cc2oc(C(=O)Oc3ccc4c(c3)OC(N)=C(C#N)C4c3ccccc3Br)c(C)c2cc1C. The highest BCUT2D eigenvalue weighted by atomic mass is 79.9. The smallest absolute Gasteiger partial charge is 0.379 e. The Balaban J connectivity index is 1.50. The molecule has 0 saturated carbocycles. The van der Waals surface area contributed by atoms with E-state index < -0.39 is 11.9 Å². The average molecular weight is 529 g/mol. The predicted molar refractivity (Wildman–Crippen MR) is 135 cm³/mol. The van der Waals surface area contributed by atoms with Crippen molar-refractivity contribution >= 4 is 32.9 Å². The van der Waals surface area contributed by atoms with E-state index in [-0.39, 0.29) is 17.4 Å². The van der Waals surface area contributed by atoms with Crippen molar-refractivity contribution in [3.8, 4) is 17.6 Å². The highest BCUT2D eigenvalue weighted by Crippen LogP contribution is 2.45. The standard InChI is InChI=1S/C28H21BrN2O4/c1-14-10-20-16(3)26(34-23(20)11-15(14)2)28(32)33-17-8-9-19-24(12-17)35-27(31)21(13-30)25(19)18-6-4-5-7-22(18)29/h4-12,25H,31H2,1-3H3. The van der Waals surface area contributed by atoms with Gasteiger partial charge in [-0.25, -0.2) is 4.79 Å². The zero-order valence-corrected chi connectivity index (χ0v) is 20.9. The number of fused-ring (bicyclic) bond motifs is 2. The molecule has 2 heterocycles. The Morgan fingerprint density at radius 2 is 1.80 bits per heavy atom. The molecule has 1 aliphatic rings. The zero-order valence-electron chi connectivity index (χ0n) is 19.3. The predicted octanol–water partition coefficient (Wildman–Crippen LogP) is 6.56. The fourth-order valence-electron chi connectivity index (χ4n) is 4.35. The third-order valence-electron chi connectivity index (χ3n) is 6.36. The summed E-state index contributed by atoms with van der Waals surface area (Å²) in [5.74, 6) is -0.161. The fourth-order valence-corrected chi connectivity index (χ4v) is 4.87. The number of hydrogen-bond donors (Lipinski definition) is 1. The van der Waals surface area contributed by atoms with Crippen LogP contribution >= 0.6 is 15.9 Å². The van der Waals surface area contributed by atoms with Gasteiger partial charge in [0.05, 0.1) is 5.92 Å². The number of carbonyl (C=O) groups is 1. The molecule has 7 heteroatoms. The quantitative estimate of drug-likeness (QED) is 0.239. The van der Waals surface area contributed by atoms with Crippen molar-refractivity contribution in [1.29, 1.82) is 5.26 Å². The second-order valence-electron chi connectivity index (χ2n) is 8.52. The minimum Gasteiger partial charge on any atom is -0.449 e. The molecule has 0 radical (unpaired) electrons. The van der Waals surface area contributed by atoms with Crippen molar-refractivity contribution in [3.63, 3.8) is 0 Å². The fraction of sp³-hybridized carbons (Fsp3) is 0.143. The first-order chi connectivity index (χ1) is 16.8. The van der Waals surface area contributed by atoms with E-state index in [4.69, 9.17) is 19.6 Å². The summed E-state index contributed by atoms with van der Waals surface area (Å²) in [6.07, 6.45) is 0. The molecule has 174 valence electrons. The first kappa shape index (κ1) is 22.8.